The highest BCUT2D eigenvalue weighted by molar-refractivity contribution is 8.07. The minimum atomic E-state index is -4.60. The Balaban J connectivity index is 1.65. The molecule has 1 unspecified atom stereocenters. The largest absolute Gasteiger partial charge is 0.285 e. The van der Waals surface area contributed by atoms with E-state index in [9.17, 15) is 21.4 Å². The molecular weight excluding hydrogens is 360 g/mol. The molecular formula is C18H30O5S2. The second-order valence-electron chi connectivity index (χ2n) is 9.33. The van der Waals surface area contributed by atoms with Gasteiger partial charge in [-0.3, -0.25) is 4.55 Å². The minimum absolute atomic E-state index is 0.0862. The molecule has 0 spiro atoms. The molecule has 0 aromatic heterocycles. The second kappa shape index (κ2) is 6.20. The predicted molar refractivity (Wildman–Crippen MR) is 96.4 cm³/mol. The lowest BCUT2D eigenvalue weighted by molar-refractivity contribution is 0.0336. The molecule has 0 radical (unpaired) electrons. The third kappa shape index (κ3) is 3.18. The first kappa shape index (κ1) is 18.2. The molecule has 25 heavy (non-hydrogen) atoms. The molecule has 0 aromatic rings. The van der Waals surface area contributed by atoms with Gasteiger partial charge in [-0.1, -0.05) is 32.1 Å². The van der Waals surface area contributed by atoms with Crippen molar-refractivity contribution in [1.29, 1.82) is 0 Å². The smallest absolute Gasteiger partial charge is 0.282 e. The molecule has 4 bridgehead atoms. The summed E-state index contributed by atoms with van der Waals surface area (Å²) >= 11 is 0. The van der Waals surface area contributed by atoms with Gasteiger partial charge in [0.15, 0.2) is 14.4 Å². The summed E-state index contributed by atoms with van der Waals surface area (Å²) in [6.45, 7) is 0. The highest BCUT2D eigenvalue weighted by Gasteiger charge is 2.60. The van der Waals surface area contributed by atoms with E-state index in [4.69, 9.17) is 0 Å². The zero-order chi connectivity index (χ0) is 17.9. The van der Waals surface area contributed by atoms with Crippen LogP contribution in [0.1, 0.15) is 77.0 Å². The van der Waals surface area contributed by atoms with Crippen LogP contribution in [0.15, 0.2) is 0 Å². The maximum atomic E-state index is 13.6. The van der Waals surface area contributed by atoms with Crippen LogP contribution in [-0.4, -0.2) is 30.7 Å². The van der Waals surface area contributed by atoms with Gasteiger partial charge in [0.05, 0.1) is 4.75 Å². The molecule has 0 heterocycles. The van der Waals surface area contributed by atoms with E-state index in [0.29, 0.717) is 37.0 Å². The number of sulfone groups is 1. The molecule has 5 nitrogen and oxygen atoms in total. The van der Waals surface area contributed by atoms with Gasteiger partial charge >= 0.3 is 0 Å². The van der Waals surface area contributed by atoms with E-state index in [1.165, 1.54) is 0 Å². The summed E-state index contributed by atoms with van der Waals surface area (Å²) in [5.74, 6) is 1.39. The fourth-order valence-electron chi connectivity index (χ4n) is 6.76. The molecule has 1 atom stereocenters. The van der Waals surface area contributed by atoms with Gasteiger partial charge in [0, 0.05) is 0 Å². The van der Waals surface area contributed by atoms with E-state index >= 15 is 0 Å². The van der Waals surface area contributed by atoms with Crippen LogP contribution in [-0.2, 0) is 20.0 Å². The monoisotopic (exact) mass is 390 g/mol. The maximum Gasteiger partial charge on any atom is 0.282 e. The quantitative estimate of drug-likeness (QED) is 0.725. The van der Waals surface area contributed by atoms with Crippen LogP contribution in [0.3, 0.4) is 0 Å². The van der Waals surface area contributed by atoms with Crippen molar-refractivity contribution in [1.82, 2.24) is 0 Å². The lowest BCUT2D eigenvalue weighted by Crippen LogP contribution is -2.58. The van der Waals surface area contributed by atoms with E-state index < -0.39 is 29.3 Å². The van der Waals surface area contributed by atoms with Crippen LogP contribution in [0, 0.1) is 23.7 Å². The minimum Gasteiger partial charge on any atom is -0.285 e. The van der Waals surface area contributed by atoms with Crippen molar-refractivity contribution in [3.63, 3.8) is 0 Å². The lowest BCUT2D eigenvalue weighted by atomic mass is 9.56. The molecule has 5 aliphatic rings. The number of hydrogen-bond donors (Lipinski definition) is 1. The molecule has 0 aliphatic heterocycles. The number of rotatable bonds is 5. The molecule has 0 amide bonds. The maximum absolute atomic E-state index is 13.6. The van der Waals surface area contributed by atoms with Crippen molar-refractivity contribution in [2.45, 2.75) is 86.4 Å². The molecule has 7 heteroatoms. The molecule has 5 aliphatic carbocycles. The Hall–Kier alpha value is -0.140. The first-order valence-electron chi connectivity index (χ1n) is 9.89. The van der Waals surface area contributed by atoms with Gasteiger partial charge in [0.2, 0.25) is 0 Å². The van der Waals surface area contributed by atoms with Gasteiger partial charge in [-0.25, -0.2) is 8.42 Å². The predicted octanol–water partition coefficient (Wildman–Crippen LogP) is 3.55. The molecule has 1 N–H and O–H groups in total. The van der Waals surface area contributed by atoms with E-state index in [1.54, 1.807) is 0 Å². The van der Waals surface area contributed by atoms with Crippen molar-refractivity contribution >= 4 is 20.0 Å². The SMILES string of the molecule is O=S(=O)(O)C(CC1CCCCC1)S(=O)(=O)C12CC3CC(CC(C3)C1)C2. The Morgan fingerprint density at radius 3 is 1.76 bits per heavy atom. The van der Waals surface area contributed by atoms with Crippen molar-refractivity contribution < 1.29 is 21.4 Å². The fourth-order valence-corrected chi connectivity index (χ4v) is 11.7. The zero-order valence-electron chi connectivity index (χ0n) is 14.8. The number of hydrogen-bond acceptors (Lipinski definition) is 4. The Kier molecular flexibility index (Phi) is 4.52. The van der Waals surface area contributed by atoms with Crippen LogP contribution in [0.5, 0.6) is 0 Å². The van der Waals surface area contributed by atoms with Crippen molar-refractivity contribution in [3.8, 4) is 0 Å². The highest BCUT2D eigenvalue weighted by atomic mass is 32.3. The van der Waals surface area contributed by atoms with E-state index in [0.717, 1.165) is 51.4 Å². The summed E-state index contributed by atoms with van der Waals surface area (Å²) in [4.78, 5) is 0. The third-order valence-electron chi connectivity index (χ3n) is 7.51. The summed E-state index contributed by atoms with van der Waals surface area (Å²) in [6, 6.07) is 0. The molecule has 0 aromatic carbocycles. The van der Waals surface area contributed by atoms with Crippen LogP contribution >= 0.6 is 0 Å². The Labute approximate surface area is 151 Å². The van der Waals surface area contributed by atoms with Crippen LogP contribution in [0.2, 0.25) is 0 Å². The molecule has 5 fully saturated rings. The van der Waals surface area contributed by atoms with Gasteiger partial charge in [-0.2, -0.15) is 8.42 Å². The third-order valence-corrected chi connectivity index (χ3v) is 12.5. The van der Waals surface area contributed by atoms with Crippen molar-refractivity contribution in [2.24, 2.45) is 23.7 Å². The van der Waals surface area contributed by atoms with Crippen molar-refractivity contribution in [3.05, 3.63) is 0 Å². The normalized spacial score (nSPS) is 40.3. The Morgan fingerprint density at radius 1 is 0.840 bits per heavy atom. The summed E-state index contributed by atoms with van der Waals surface area (Å²) in [5.41, 5.74) is 0. The first-order valence-corrected chi connectivity index (χ1v) is 12.9. The van der Waals surface area contributed by atoms with Gasteiger partial charge < -0.3 is 0 Å². The highest BCUT2D eigenvalue weighted by Crippen LogP contribution is 2.59. The Morgan fingerprint density at radius 2 is 1.32 bits per heavy atom. The van der Waals surface area contributed by atoms with E-state index in [2.05, 4.69) is 0 Å². The summed E-state index contributed by atoms with van der Waals surface area (Å²) < 4.78 is 58.7. The second-order valence-corrected chi connectivity index (χ2v) is 13.8. The summed E-state index contributed by atoms with van der Waals surface area (Å²) in [5, 5.41) is 0. The van der Waals surface area contributed by atoms with Gasteiger partial charge in [0.1, 0.15) is 0 Å². The van der Waals surface area contributed by atoms with Gasteiger partial charge in [-0.15, -0.1) is 0 Å². The average molecular weight is 391 g/mol. The molecule has 5 saturated carbocycles. The average Bonchev–Trinajstić information content (AvgIpc) is 2.51. The van der Waals surface area contributed by atoms with Gasteiger partial charge in [0.25, 0.3) is 10.1 Å². The van der Waals surface area contributed by atoms with Crippen LogP contribution < -0.4 is 0 Å². The lowest BCUT2D eigenvalue weighted by Gasteiger charge is -2.56. The molecule has 0 saturated heterocycles. The van der Waals surface area contributed by atoms with E-state index in [1.807, 2.05) is 0 Å². The summed E-state index contributed by atoms with van der Waals surface area (Å²) in [6.07, 6.45) is 10.2. The van der Waals surface area contributed by atoms with Gasteiger partial charge in [-0.05, 0) is 68.6 Å². The zero-order valence-corrected chi connectivity index (χ0v) is 16.4. The fraction of sp³-hybridized carbons (Fsp3) is 1.00. The van der Waals surface area contributed by atoms with Crippen LogP contribution in [0.4, 0.5) is 0 Å². The first-order chi connectivity index (χ1) is 11.7. The van der Waals surface area contributed by atoms with E-state index in [-0.39, 0.29) is 12.3 Å². The topological polar surface area (TPSA) is 88.5 Å². The molecule has 144 valence electrons. The standard InChI is InChI=1S/C18H30O5S2/c19-24(20,17(25(21,22)23)9-13-4-2-1-3-5-13)18-10-14-6-15(11-18)8-16(7-14)12-18/h13-17H,1-12H2,(H,21,22,23). The summed E-state index contributed by atoms with van der Waals surface area (Å²) in [7, 11) is -8.52. The van der Waals surface area contributed by atoms with Crippen molar-refractivity contribution in [2.75, 3.05) is 0 Å². The molecule has 5 rings (SSSR count). The van der Waals surface area contributed by atoms with Crippen LogP contribution in [0.25, 0.3) is 0 Å². The Bertz CT molecular complexity index is 683.